The molecule has 2 atom stereocenters. The fraction of sp³-hybridized carbons (Fsp3) is 0.316. The molecule has 1 heterocycles. The molecular formula is C19H20Cl2N2O. The number of benzene rings is 2. The predicted octanol–water partition coefficient (Wildman–Crippen LogP) is 4.04. The summed E-state index contributed by atoms with van der Waals surface area (Å²) >= 11 is 12.4. The molecule has 3 nitrogen and oxygen atoms in total. The molecular weight excluding hydrogens is 343 g/mol. The van der Waals surface area contributed by atoms with E-state index in [9.17, 15) is 4.79 Å². The average molecular weight is 363 g/mol. The maximum Gasteiger partial charge on any atom is 0.256 e. The SMILES string of the molecule is O=C(c1ccccc1)N(C(Cl)Cl)C1CCNCC1c1ccccc1. The zero-order valence-electron chi connectivity index (χ0n) is 13.2. The lowest BCUT2D eigenvalue weighted by atomic mass is 9.86. The van der Waals surface area contributed by atoms with E-state index in [1.54, 1.807) is 17.0 Å². The summed E-state index contributed by atoms with van der Waals surface area (Å²) in [4.78, 5) is 13.7. The van der Waals surface area contributed by atoms with Crippen LogP contribution in [-0.4, -0.2) is 34.9 Å². The van der Waals surface area contributed by atoms with Gasteiger partial charge < -0.3 is 10.2 Å². The zero-order valence-corrected chi connectivity index (χ0v) is 14.8. The van der Waals surface area contributed by atoms with Crippen molar-refractivity contribution < 1.29 is 4.79 Å². The van der Waals surface area contributed by atoms with Gasteiger partial charge in [-0.25, -0.2) is 0 Å². The van der Waals surface area contributed by atoms with Crippen molar-refractivity contribution in [2.45, 2.75) is 23.3 Å². The molecule has 1 aliphatic rings. The molecule has 5 heteroatoms. The Morgan fingerprint density at radius 2 is 1.67 bits per heavy atom. The zero-order chi connectivity index (χ0) is 16.9. The number of rotatable bonds is 4. The molecule has 0 spiro atoms. The molecule has 2 aromatic carbocycles. The van der Waals surface area contributed by atoms with Crippen LogP contribution in [0.2, 0.25) is 0 Å². The summed E-state index contributed by atoms with van der Waals surface area (Å²) in [5.74, 6) is 0.0334. The minimum Gasteiger partial charge on any atom is -0.316 e. The summed E-state index contributed by atoms with van der Waals surface area (Å²) in [6.07, 6.45) is 0.814. The standard InChI is InChI=1S/C19H20Cl2N2O/c20-19(21)23(18(24)15-9-5-2-6-10-15)17-11-12-22-13-16(17)14-7-3-1-4-8-14/h1-10,16-17,19,22H,11-13H2. The first-order valence-corrected chi connectivity index (χ1v) is 8.97. The molecule has 126 valence electrons. The van der Waals surface area contributed by atoms with Crippen molar-refractivity contribution in [1.82, 2.24) is 10.2 Å². The highest BCUT2D eigenvalue weighted by atomic mass is 35.5. The van der Waals surface area contributed by atoms with Crippen molar-refractivity contribution >= 4 is 29.1 Å². The number of nitrogens with one attached hydrogen (secondary N) is 1. The number of piperidine rings is 1. The molecule has 1 amide bonds. The third-order valence-electron chi connectivity index (χ3n) is 4.50. The van der Waals surface area contributed by atoms with Gasteiger partial charge in [-0.15, -0.1) is 0 Å². The van der Waals surface area contributed by atoms with E-state index in [2.05, 4.69) is 17.4 Å². The first-order valence-electron chi connectivity index (χ1n) is 8.10. The van der Waals surface area contributed by atoms with Gasteiger partial charge in [0.05, 0.1) is 0 Å². The van der Waals surface area contributed by atoms with E-state index in [4.69, 9.17) is 23.2 Å². The quantitative estimate of drug-likeness (QED) is 0.657. The highest BCUT2D eigenvalue weighted by Gasteiger charge is 2.36. The Morgan fingerprint density at radius 3 is 2.29 bits per heavy atom. The predicted molar refractivity (Wildman–Crippen MR) is 98.6 cm³/mol. The van der Waals surface area contributed by atoms with E-state index in [0.717, 1.165) is 19.5 Å². The van der Waals surface area contributed by atoms with E-state index in [-0.39, 0.29) is 17.9 Å². The molecule has 1 fully saturated rings. The van der Waals surface area contributed by atoms with Gasteiger partial charge in [-0.2, -0.15) is 0 Å². The van der Waals surface area contributed by atoms with Crippen molar-refractivity contribution in [3.8, 4) is 0 Å². The topological polar surface area (TPSA) is 32.3 Å². The van der Waals surface area contributed by atoms with Gasteiger partial charge >= 0.3 is 0 Å². The smallest absolute Gasteiger partial charge is 0.256 e. The van der Waals surface area contributed by atoms with Crippen LogP contribution in [0.1, 0.15) is 28.3 Å². The van der Waals surface area contributed by atoms with E-state index in [1.165, 1.54) is 5.56 Å². The van der Waals surface area contributed by atoms with E-state index in [0.29, 0.717) is 5.56 Å². The second-order valence-electron chi connectivity index (χ2n) is 5.93. The Balaban J connectivity index is 1.92. The van der Waals surface area contributed by atoms with Crippen LogP contribution in [0.25, 0.3) is 0 Å². The van der Waals surface area contributed by atoms with Gasteiger partial charge in [0.2, 0.25) is 0 Å². The van der Waals surface area contributed by atoms with E-state index < -0.39 is 4.96 Å². The third-order valence-corrected chi connectivity index (χ3v) is 4.92. The molecule has 0 radical (unpaired) electrons. The van der Waals surface area contributed by atoms with Gasteiger partial charge in [0.15, 0.2) is 4.96 Å². The summed E-state index contributed by atoms with van der Waals surface area (Å²) in [7, 11) is 0. The number of hydrogen-bond donors (Lipinski definition) is 1. The van der Waals surface area contributed by atoms with E-state index in [1.807, 2.05) is 36.4 Å². The number of carbonyl (C=O) groups excluding carboxylic acids is 1. The van der Waals surface area contributed by atoms with Crippen LogP contribution in [0.3, 0.4) is 0 Å². The summed E-state index contributed by atoms with van der Waals surface area (Å²) in [6, 6.07) is 19.3. The lowest BCUT2D eigenvalue weighted by Crippen LogP contribution is -2.52. The Hall–Kier alpha value is -1.55. The number of amides is 1. The average Bonchev–Trinajstić information content (AvgIpc) is 2.63. The minimum absolute atomic E-state index is 0.0404. The molecule has 1 N–H and O–H groups in total. The van der Waals surface area contributed by atoms with Gasteiger partial charge in [-0.3, -0.25) is 4.79 Å². The summed E-state index contributed by atoms with van der Waals surface area (Å²) in [5.41, 5.74) is 1.80. The van der Waals surface area contributed by atoms with Gasteiger partial charge in [0, 0.05) is 24.1 Å². The Kier molecular flexibility index (Phi) is 5.77. The number of halogens is 2. The highest BCUT2D eigenvalue weighted by Crippen LogP contribution is 2.32. The maximum absolute atomic E-state index is 13.0. The molecule has 1 saturated heterocycles. The largest absolute Gasteiger partial charge is 0.316 e. The van der Waals surface area contributed by atoms with Crippen LogP contribution in [0, 0.1) is 0 Å². The van der Waals surface area contributed by atoms with Gasteiger partial charge in [0.1, 0.15) is 0 Å². The van der Waals surface area contributed by atoms with Crippen molar-refractivity contribution in [2.75, 3.05) is 13.1 Å². The second-order valence-corrected chi connectivity index (χ2v) is 6.98. The monoisotopic (exact) mass is 362 g/mol. The lowest BCUT2D eigenvalue weighted by molar-refractivity contribution is 0.0634. The van der Waals surface area contributed by atoms with Crippen LogP contribution in [0.5, 0.6) is 0 Å². The van der Waals surface area contributed by atoms with Crippen molar-refractivity contribution in [1.29, 1.82) is 0 Å². The summed E-state index contributed by atoms with van der Waals surface area (Å²) < 4.78 is 0. The number of alkyl halides is 2. The molecule has 2 aromatic rings. The number of nitrogens with zero attached hydrogens (tertiary/aromatic N) is 1. The van der Waals surface area contributed by atoms with Crippen molar-refractivity contribution in [3.63, 3.8) is 0 Å². The molecule has 1 aliphatic heterocycles. The van der Waals surface area contributed by atoms with Gasteiger partial charge in [0.25, 0.3) is 5.91 Å². The van der Waals surface area contributed by atoms with Crippen LogP contribution >= 0.6 is 23.2 Å². The minimum atomic E-state index is -0.882. The van der Waals surface area contributed by atoms with Crippen LogP contribution in [0.4, 0.5) is 0 Å². The Bertz CT molecular complexity index is 664. The molecule has 3 rings (SSSR count). The lowest BCUT2D eigenvalue weighted by Gasteiger charge is -2.41. The first-order chi connectivity index (χ1) is 11.7. The molecule has 2 unspecified atom stereocenters. The van der Waals surface area contributed by atoms with Crippen LogP contribution < -0.4 is 5.32 Å². The maximum atomic E-state index is 13.0. The molecule has 24 heavy (non-hydrogen) atoms. The molecule has 0 saturated carbocycles. The highest BCUT2D eigenvalue weighted by molar-refractivity contribution is 6.44. The summed E-state index contributed by atoms with van der Waals surface area (Å²) in [6.45, 7) is 1.64. The van der Waals surface area contributed by atoms with E-state index >= 15 is 0 Å². The number of hydrogen-bond acceptors (Lipinski definition) is 2. The van der Waals surface area contributed by atoms with Gasteiger partial charge in [-0.1, -0.05) is 71.7 Å². The molecule has 0 aliphatic carbocycles. The second kappa shape index (κ2) is 8.02. The van der Waals surface area contributed by atoms with Crippen LogP contribution in [0.15, 0.2) is 60.7 Å². The van der Waals surface area contributed by atoms with Crippen LogP contribution in [-0.2, 0) is 0 Å². The van der Waals surface area contributed by atoms with Crippen molar-refractivity contribution in [3.05, 3.63) is 71.8 Å². The van der Waals surface area contributed by atoms with Crippen molar-refractivity contribution in [2.24, 2.45) is 0 Å². The fourth-order valence-electron chi connectivity index (χ4n) is 3.33. The normalized spacial score (nSPS) is 20.8. The Morgan fingerprint density at radius 1 is 1.04 bits per heavy atom. The molecule has 0 bridgehead atoms. The molecule has 0 aromatic heterocycles. The number of carbonyl (C=O) groups is 1. The fourth-order valence-corrected chi connectivity index (χ4v) is 3.80. The first kappa shape index (κ1) is 17.3. The third kappa shape index (κ3) is 3.75. The summed E-state index contributed by atoms with van der Waals surface area (Å²) in [5, 5.41) is 3.41. The van der Waals surface area contributed by atoms with Gasteiger partial charge in [-0.05, 0) is 30.7 Å². The Labute approximate surface area is 152 Å².